The van der Waals surface area contributed by atoms with Crippen LogP contribution < -0.4 is 21.2 Å². The van der Waals surface area contributed by atoms with Crippen LogP contribution in [0.3, 0.4) is 0 Å². The molecule has 0 aliphatic rings. The third-order valence-electron chi connectivity index (χ3n) is 5.58. The monoisotopic (exact) mass is 872 g/mol. The Labute approximate surface area is 296 Å². The first-order chi connectivity index (χ1) is 22.8. The summed E-state index contributed by atoms with van der Waals surface area (Å²) in [5.74, 6) is 0. The number of halogens is 7. The molecule has 5 aromatic rings. The Morgan fingerprint density at radius 2 is 0.755 bits per heavy atom. The fourth-order valence-corrected chi connectivity index (χ4v) is 8.58. The van der Waals surface area contributed by atoms with Gasteiger partial charge >= 0.3 is 32.2 Å². The van der Waals surface area contributed by atoms with E-state index in [2.05, 4.69) is 140 Å². The molecule has 0 fully saturated rings. The van der Waals surface area contributed by atoms with Gasteiger partial charge in [-0.3, -0.25) is 0 Å². The van der Waals surface area contributed by atoms with Gasteiger partial charge in [0.25, 0.3) is 0 Å². The molecule has 0 bridgehead atoms. The van der Waals surface area contributed by atoms with Gasteiger partial charge in [-0.25, -0.2) is 16.8 Å². The van der Waals surface area contributed by atoms with E-state index in [9.17, 15) is 26.3 Å². The standard InChI is InChI=1S/C30H23IS2.2CHF3O3S/c1-4-10-24(11-5-1)31-25-16-18-26(19-17-25)32-27-20-22-30(23-21-27)33(28-12-6-2-7-13-28)29-14-8-3-9-15-29;2*2-1(3,4)8(5,6)7/h1-23H;2*(H,5,6,7)/q+2;;/p-2. The van der Waals surface area contributed by atoms with Gasteiger partial charge in [0.2, 0.25) is 0 Å². The Hall–Kier alpha value is -3.07. The maximum absolute atomic E-state index is 10.7. The summed E-state index contributed by atoms with van der Waals surface area (Å²) >= 11 is 1.72. The van der Waals surface area contributed by atoms with E-state index in [0.717, 1.165) is 0 Å². The topological polar surface area (TPSA) is 114 Å². The van der Waals surface area contributed by atoms with E-state index in [4.69, 9.17) is 25.9 Å². The third-order valence-corrected chi connectivity index (χ3v) is 12.6. The second kappa shape index (κ2) is 17.7. The van der Waals surface area contributed by atoms with E-state index in [0.29, 0.717) is 0 Å². The summed E-state index contributed by atoms with van der Waals surface area (Å²) in [5.41, 5.74) is -11.3. The second-order valence-electron chi connectivity index (χ2n) is 9.15. The molecular weight excluding hydrogens is 850 g/mol. The van der Waals surface area contributed by atoms with Crippen molar-refractivity contribution in [3.63, 3.8) is 0 Å². The van der Waals surface area contributed by atoms with Crippen molar-refractivity contribution in [2.24, 2.45) is 0 Å². The van der Waals surface area contributed by atoms with E-state index < -0.39 is 31.3 Å². The van der Waals surface area contributed by atoms with E-state index in [1.165, 1.54) is 31.6 Å². The molecule has 0 atom stereocenters. The van der Waals surface area contributed by atoms with Crippen LogP contribution in [-0.4, -0.2) is 37.0 Å². The maximum atomic E-state index is 10.7. The van der Waals surface area contributed by atoms with Crippen molar-refractivity contribution in [1.29, 1.82) is 0 Å². The van der Waals surface area contributed by atoms with Gasteiger partial charge in [-0.2, -0.15) is 26.3 Å². The van der Waals surface area contributed by atoms with Gasteiger partial charge in [-0.05, 0) is 84.9 Å². The Balaban J connectivity index is 0.000000338. The van der Waals surface area contributed by atoms with E-state index in [-0.39, 0.29) is 32.1 Å². The SMILES string of the molecule is O=S(=O)([O-])C(F)(F)F.O=S(=O)([O-])C(F)(F)F.c1ccc([I+]c2ccc(Sc3ccc([S+](c4ccccc4)c4ccccc4)cc3)cc2)cc1. The zero-order chi connectivity index (χ0) is 36.3. The highest BCUT2D eigenvalue weighted by atomic mass is 127. The summed E-state index contributed by atoms with van der Waals surface area (Å²) in [5, 5.41) is 0. The van der Waals surface area contributed by atoms with Crippen LogP contribution in [0.1, 0.15) is 0 Å². The highest BCUT2D eigenvalue weighted by molar-refractivity contribution is 7.99. The van der Waals surface area contributed by atoms with E-state index >= 15 is 0 Å². The third kappa shape index (κ3) is 13.3. The summed E-state index contributed by atoms with van der Waals surface area (Å²) in [4.78, 5) is 6.60. The van der Waals surface area contributed by atoms with Crippen LogP contribution in [0.25, 0.3) is 0 Å². The molecule has 0 aliphatic heterocycles. The zero-order valence-corrected chi connectivity index (χ0v) is 29.9. The minimum absolute atomic E-state index is 0.0976. The summed E-state index contributed by atoms with van der Waals surface area (Å²) in [7, 11) is -12.3. The molecule has 0 radical (unpaired) electrons. The summed E-state index contributed by atoms with van der Waals surface area (Å²) in [6, 6.07) is 50.6. The normalized spacial score (nSPS) is 11.9. The fourth-order valence-electron chi connectivity index (χ4n) is 3.47. The van der Waals surface area contributed by atoms with Gasteiger partial charge in [0.05, 0.1) is 10.9 Å². The van der Waals surface area contributed by atoms with Crippen LogP contribution in [0.2, 0.25) is 0 Å². The summed E-state index contributed by atoms with van der Waals surface area (Å²) in [6.07, 6.45) is 0. The van der Waals surface area contributed by atoms with Crippen LogP contribution in [0, 0.1) is 7.14 Å². The highest BCUT2D eigenvalue weighted by Gasteiger charge is 2.37. The molecule has 0 aliphatic carbocycles. The second-order valence-corrected chi connectivity index (χ2v) is 18.1. The minimum atomic E-state index is -6.09. The van der Waals surface area contributed by atoms with Crippen molar-refractivity contribution in [3.8, 4) is 0 Å². The number of benzene rings is 5. The van der Waals surface area contributed by atoms with Crippen LogP contribution >= 0.6 is 11.8 Å². The van der Waals surface area contributed by atoms with Crippen molar-refractivity contribution in [1.82, 2.24) is 0 Å². The molecule has 0 heterocycles. The van der Waals surface area contributed by atoms with Gasteiger partial charge in [0, 0.05) is 9.79 Å². The summed E-state index contributed by atoms with van der Waals surface area (Å²) in [6.45, 7) is 0. The molecule has 17 heteroatoms. The van der Waals surface area contributed by atoms with Gasteiger partial charge in [0.15, 0.2) is 42.1 Å². The van der Waals surface area contributed by atoms with Crippen molar-refractivity contribution in [3.05, 3.63) is 147 Å². The largest absolute Gasteiger partial charge is 0.741 e. The lowest BCUT2D eigenvalue weighted by atomic mass is 10.3. The minimum Gasteiger partial charge on any atom is -0.741 e. The predicted octanol–water partition coefficient (Wildman–Crippen LogP) is 5.16. The first-order valence-electron chi connectivity index (χ1n) is 13.3. The molecule has 0 unspecified atom stereocenters. The first-order valence-corrected chi connectivity index (χ1v) is 20.3. The smallest absolute Gasteiger partial charge is 0.485 e. The fraction of sp³-hybridized carbons (Fsp3) is 0.0625. The molecule has 260 valence electrons. The maximum Gasteiger partial charge on any atom is 0.485 e. The van der Waals surface area contributed by atoms with Crippen LogP contribution in [0.5, 0.6) is 0 Å². The zero-order valence-electron chi connectivity index (χ0n) is 24.5. The van der Waals surface area contributed by atoms with Gasteiger partial charge < -0.3 is 9.11 Å². The van der Waals surface area contributed by atoms with Crippen LogP contribution in [0.4, 0.5) is 26.3 Å². The Kier molecular flexibility index (Phi) is 14.6. The lowest BCUT2D eigenvalue weighted by Gasteiger charge is -2.08. The number of hydrogen-bond donors (Lipinski definition) is 0. The Bertz CT molecular complexity index is 1880. The number of alkyl halides is 6. The average molecular weight is 873 g/mol. The molecule has 5 rings (SSSR count). The van der Waals surface area contributed by atoms with E-state index in [1.807, 2.05) is 11.8 Å². The average Bonchev–Trinajstić information content (AvgIpc) is 3.03. The predicted molar refractivity (Wildman–Crippen MR) is 167 cm³/mol. The molecule has 6 nitrogen and oxygen atoms in total. The molecule has 0 aromatic heterocycles. The lowest BCUT2D eigenvalue weighted by molar-refractivity contribution is -0.597. The van der Waals surface area contributed by atoms with Crippen molar-refractivity contribution in [2.75, 3.05) is 0 Å². The Morgan fingerprint density at radius 1 is 0.469 bits per heavy atom. The molecule has 0 saturated carbocycles. The molecule has 49 heavy (non-hydrogen) atoms. The molecule has 0 saturated heterocycles. The molecule has 5 aromatic carbocycles. The van der Waals surface area contributed by atoms with Crippen molar-refractivity contribution < 1.29 is 73.5 Å². The van der Waals surface area contributed by atoms with Crippen LogP contribution in [0.15, 0.2) is 164 Å². The first kappa shape index (κ1) is 40.4. The molecule has 0 spiro atoms. The van der Waals surface area contributed by atoms with Gasteiger partial charge in [-0.15, -0.1) is 0 Å². The summed E-state index contributed by atoms with van der Waals surface area (Å²) < 4.78 is 121. The van der Waals surface area contributed by atoms with Crippen molar-refractivity contribution in [2.45, 2.75) is 35.5 Å². The molecule has 0 N–H and O–H groups in total. The number of hydrogen-bond acceptors (Lipinski definition) is 7. The number of rotatable bonds is 7. The Morgan fingerprint density at radius 3 is 1.10 bits per heavy atom. The van der Waals surface area contributed by atoms with Crippen LogP contribution in [-0.2, 0) is 31.1 Å². The van der Waals surface area contributed by atoms with Gasteiger partial charge in [-0.1, -0.05) is 66.4 Å². The quantitative estimate of drug-likeness (QED) is 0.0730. The van der Waals surface area contributed by atoms with Gasteiger partial charge in [0.1, 0.15) is 0 Å². The van der Waals surface area contributed by atoms with E-state index in [1.54, 1.807) is 0 Å². The molecular formula is C32H23F6IO6S4. The molecule has 0 amide bonds. The lowest BCUT2D eigenvalue weighted by Crippen LogP contribution is -3.61. The highest BCUT2D eigenvalue weighted by Crippen LogP contribution is 2.34. The van der Waals surface area contributed by atoms with Crippen molar-refractivity contribution >= 4 is 42.9 Å².